The molecule has 2 nitrogen and oxygen atoms in total. The van der Waals surface area contributed by atoms with Crippen LogP contribution in [-0.4, -0.2) is 48.6 Å². The molecule has 1 N–H and O–H groups in total. The van der Waals surface area contributed by atoms with Crippen molar-refractivity contribution in [2.75, 3.05) is 32.4 Å². The van der Waals surface area contributed by atoms with E-state index in [9.17, 15) is 0 Å². The molecule has 1 aliphatic rings. The van der Waals surface area contributed by atoms with Gasteiger partial charge in [0.2, 0.25) is 0 Å². The molecule has 0 bridgehead atoms. The van der Waals surface area contributed by atoms with E-state index in [1.807, 2.05) is 11.8 Å². The van der Waals surface area contributed by atoms with Gasteiger partial charge in [-0.05, 0) is 13.2 Å². The van der Waals surface area contributed by atoms with E-state index < -0.39 is 0 Å². The lowest BCUT2D eigenvalue weighted by atomic mass is 10.2. The first-order valence-electron chi connectivity index (χ1n) is 4.71. The van der Waals surface area contributed by atoms with Crippen LogP contribution in [0.15, 0.2) is 0 Å². The predicted molar refractivity (Wildman–Crippen MR) is 56.9 cm³/mol. The summed E-state index contributed by atoms with van der Waals surface area (Å²) < 4.78 is 0. The van der Waals surface area contributed by atoms with Gasteiger partial charge < -0.3 is 5.32 Å². The molecule has 0 amide bonds. The predicted octanol–water partition coefficient (Wildman–Crippen LogP) is 1.03. The van der Waals surface area contributed by atoms with E-state index in [0.29, 0.717) is 6.04 Å². The molecule has 1 rings (SSSR count). The molecule has 1 fully saturated rings. The zero-order valence-electron chi connectivity index (χ0n) is 8.34. The zero-order valence-corrected chi connectivity index (χ0v) is 9.16. The maximum absolute atomic E-state index is 3.41. The molecule has 1 aliphatic heterocycles. The number of hydrogen-bond donors (Lipinski definition) is 1. The molecule has 0 saturated carbocycles. The Balaban J connectivity index is 2.28. The molecule has 2 unspecified atom stereocenters. The van der Waals surface area contributed by atoms with Gasteiger partial charge in [-0.1, -0.05) is 6.92 Å². The fourth-order valence-corrected chi connectivity index (χ4v) is 1.90. The van der Waals surface area contributed by atoms with Crippen LogP contribution in [0.1, 0.15) is 13.8 Å². The molecule has 0 spiro atoms. The van der Waals surface area contributed by atoms with Crippen LogP contribution in [0.3, 0.4) is 0 Å². The van der Waals surface area contributed by atoms with E-state index >= 15 is 0 Å². The molecule has 0 aromatic rings. The number of nitrogens with one attached hydrogen (secondary N) is 1. The Morgan fingerprint density at radius 1 is 1.67 bits per heavy atom. The van der Waals surface area contributed by atoms with Crippen molar-refractivity contribution in [1.82, 2.24) is 10.2 Å². The Hall–Kier alpha value is 0.270. The molecular formula is C9H20N2S. The number of rotatable bonds is 3. The fraction of sp³-hybridized carbons (Fsp3) is 1.00. The van der Waals surface area contributed by atoms with E-state index in [1.54, 1.807) is 0 Å². The lowest BCUT2D eigenvalue weighted by Crippen LogP contribution is -2.51. The summed E-state index contributed by atoms with van der Waals surface area (Å²) in [6, 6.07) is 0.716. The van der Waals surface area contributed by atoms with Gasteiger partial charge in [0, 0.05) is 37.5 Å². The van der Waals surface area contributed by atoms with E-state index in [4.69, 9.17) is 0 Å². The van der Waals surface area contributed by atoms with E-state index in [2.05, 4.69) is 30.3 Å². The molecule has 0 radical (unpaired) electrons. The monoisotopic (exact) mass is 188 g/mol. The van der Waals surface area contributed by atoms with Crippen molar-refractivity contribution in [3.8, 4) is 0 Å². The molecule has 1 heterocycles. The Morgan fingerprint density at radius 3 is 3.00 bits per heavy atom. The highest BCUT2D eigenvalue weighted by Crippen LogP contribution is 2.10. The average molecular weight is 188 g/mol. The molecular weight excluding hydrogens is 168 g/mol. The second-order valence-electron chi connectivity index (χ2n) is 3.59. The van der Waals surface area contributed by atoms with Crippen molar-refractivity contribution in [3.63, 3.8) is 0 Å². The summed E-state index contributed by atoms with van der Waals surface area (Å²) in [5.74, 6) is 0. The molecule has 12 heavy (non-hydrogen) atoms. The molecule has 2 atom stereocenters. The third kappa shape index (κ3) is 2.96. The fourth-order valence-electron chi connectivity index (χ4n) is 1.56. The number of piperazine rings is 1. The van der Waals surface area contributed by atoms with Gasteiger partial charge in [-0.25, -0.2) is 0 Å². The van der Waals surface area contributed by atoms with Crippen LogP contribution in [0.5, 0.6) is 0 Å². The third-order valence-electron chi connectivity index (χ3n) is 2.53. The molecule has 1 saturated heterocycles. The minimum absolute atomic E-state index is 0.716. The van der Waals surface area contributed by atoms with Gasteiger partial charge in [0.15, 0.2) is 0 Å². The Bertz CT molecular complexity index is 130. The lowest BCUT2D eigenvalue weighted by Gasteiger charge is -2.35. The zero-order chi connectivity index (χ0) is 8.97. The van der Waals surface area contributed by atoms with Crippen LogP contribution < -0.4 is 5.32 Å². The van der Waals surface area contributed by atoms with Crippen LogP contribution >= 0.6 is 11.8 Å². The highest BCUT2D eigenvalue weighted by Gasteiger charge is 2.18. The van der Waals surface area contributed by atoms with Gasteiger partial charge in [0.05, 0.1) is 0 Å². The quantitative estimate of drug-likeness (QED) is 0.712. The van der Waals surface area contributed by atoms with Crippen molar-refractivity contribution >= 4 is 11.8 Å². The summed E-state index contributed by atoms with van der Waals surface area (Å²) >= 11 is 1.96. The summed E-state index contributed by atoms with van der Waals surface area (Å²) in [4.78, 5) is 2.58. The largest absolute Gasteiger partial charge is 0.314 e. The Kier molecular flexibility index (Phi) is 4.40. The van der Waals surface area contributed by atoms with Crippen LogP contribution in [0, 0.1) is 0 Å². The summed E-state index contributed by atoms with van der Waals surface area (Å²) in [7, 11) is 0. The maximum Gasteiger partial charge on any atom is 0.0193 e. The van der Waals surface area contributed by atoms with E-state index in [0.717, 1.165) is 18.3 Å². The summed E-state index contributed by atoms with van der Waals surface area (Å²) in [6.45, 7) is 9.38. The minimum Gasteiger partial charge on any atom is -0.314 e. The topological polar surface area (TPSA) is 15.3 Å². The average Bonchev–Trinajstić information content (AvgIpc) is 2.09. The van der Waals surface area contributed by atoms with Gasteiger partial charge in [-0.3, -0.25) is 4.90 Å². The number of hydrogen-bond acceptors (Lipinski definition) is 3. The van der Waals surface area contributed by atoms with E-state index in [1.165, 1.54) is 13.1 Å². The molecule has 0 aromatic heterocycles. The minimum atomic E-state index is 0.716. The third-order valence-corrected chi connectivity index (χ3v) is 3.49. The van der Waals surface area contributed by atoms with Crippen molar-refractivity contribution in [2.45, 2.75) is 25.1 Å². The van der Waals surface area contributed by atoms with E-state index in [-0.39, 0.29) is 0 Å². The summed E-state index contributed by atoms with van der Waals surface area (Å²) in [6.07, 6.45) is 2.19. The van der Waals surface area contributed by atoms with Crippen LogP contribution in [-0.2, 0) is 0 Å². The Labute approximate surface area is 80.1 Å². The van der Waals surface area contributed by atoms with Gasteiger partial charge in [-0.2, -0.15) is 11.8 Å². The van der Waals surface area contributed by atoms with Crippen molar-refractivity contribution in [1.29, 1.82) is 0 Å². The van der Waals surface area contributed by atoms with Gasteiger partial charge in [-0.15, -0.1) is 0 Å². The van der Waals surface area contributed by atoms with Gasteiger partial charge >= 0.3 is 0 Å². The lowest BCUT2D eigenvalue weighted by molar-refractivity contribution is 0.176. The smallest absolute Gasteiger partial charge is 0.0193 e. The second-order valence-corrected chi connectivity index (χ2v) is 4.87. The number of nitrogens with zero attached hydrogens (tertiary/aromatic N) is 1. The van der Waals surface area contributed by atoms with Crippen LogP contribution in [0.4, 0.5) is 0 Å². The van der Waals surface area contributed by atoms with Crippen LogP contribution in [0.2, 0.25) is 0 Å². The standard InChI is InChI=1S/C9H20N2S/c1-8-6-10-4-5-11(8)7-9(2)12-3/h8-10H,4-7H2,1-3H3. The normalized spacial score (nSPS) is 28.8. The first-order chi connectivity index (χ1) is 5.74. The van der Waals surface area contributed by atoms with Crippen molar-refractivity contribution < 1.29 is 0 Å². The van der Waals surface area contributed by atoms with Crippen LogP contribution in [0.25, 0.3) is 0 Å². The van der Waals surface area contributed by atoms with Crippen molar-refractivity contribution in [2.24, 2.45) is 0 Å². The molecule has 0 aliphatic carbocycles. The highest BCUT2D eigenvalue weighted by molar-refractivity contribution is 7.99. The van der Waals surface area contributed by atoms with Crippen molar-refractivity contribution in [3.05, 3.63) is 0 Å². The first kappa shape index (κ1) is 10.4. The molecule has 0 aromatic carbocycles. The summed E-state index contributed by atoms with van der Waals surface area (Å²) in [5, 5.41) is 4.18. The number of thioether (sulfide) groups is 1. The van der Waals surface area contributed by atoms with Gasteiger partial charge in [0.1, 0.15) is 0 Å². The second kappa shape index (κ2) is 5.10. The Morgan fingerprint density at radius 2 is 2.42 bits per heavy atom. The summed E-state index contributed by atoms with van der Waals surface area (Å²) in [5.41, 5.74) is 0. The highest BCUT2D eigenvalue weighted by atomic mass is 32.2. The molecule has 3 heteroatoms. The van der Waals surface area contributed by atoms with Gasteiger partial charge in [0.25, 0.3) is 0 Å². The SMILES string of the molecule is CSC(C)CN1CCNCC1C. The maximum atomic E-state index is 3.41. The first-order valence-corrected chi connectivity index (χ1v) is 6.00. The molecule has 72 valence electrons.